The third-order valence-electron chi connectivity index (χ3n) is 3.44. The summed E-state index contributed by atoms with van der Waals surface area (Å²) in [6.45, 7) is 5.14. The molecule has 0 radical (unpaired) electrons. The number of hydrogen-bond donors (Lipinski definition) is 1. The smallest absolute Gasteiger partial charge is 0.0897 e. The van der Waals surface area contributed by atoms with Crippen LogP contribution in [0.25, 0.3) is 0 Å². The van der Waals surface area contributed by atoms with Crippen LogP contribution in [0.4, 0.5) is 0 Å². The zero-order valence-corrected chi connectivity index (χ0v) is 7.92. The summed E-state index contributed by atoms with van der Waals surface area (Å²) in [6, 6.07) is 0. The van der Waals surface area contributed by atoms with Gasteiger partial charge in [-0.3, -0.25) is 4.90 Å². The summed E-state index contributed by atoms with van der Waals surface area (Å²) in [4.78, 5) is 2.40. The van der Waals surface area contributed by atoms with Gasteiger partial charge in [0.1, 0.15) is 0 Å². The van der Waals surface area contributed by atoms with Gasteiger partial charge < -0.3 is 5.11 Å². The van der Waals surface area contributed by atoms with E-state index in [2.05, 4.69) is 11.8 Å². The molecule has 0 atom stereocenters. The molecule has 70 valence electrons. The van der Waals surface area contributed by atoms with Gasteiger partial charge in [-0.25, -0.2) is 0 Å². The first-order chi connectivity index (χ1) is 5.72. The zero-order valence-electron chi connectivity index (χ0n) is 7.92. The predicted octanol–water partition coefficient (Wildman–Crippen LogP) is 1.24. The fraction of sp³-hybridized carbons (Fsp3) is 1.00. The van der Waals surface area contributed by atoms with Crippen molar-refractivity contribution in [3.05, 3.63) is 0 Å². The molecule has 1 saturated carbocycles. The Morgan fingerprint density at radius 2 is 2.08 bits per heavy atom. The number of likely N-dealkylation sites (tertiary alicyclic amines) is 1. The first-order valence-corrected chi connectivity index (χ1v) is 5.16. The molecule has 2 heteroatoms. The monoisotopic (exact) mass is 169 g/mol. The second kappa shape index (κ2) is 3.00. The van der Waals surface area contributed by atoms with Crippen molar-refractivity contribution < 1.29 is 5.11 Å². The lowest BCUT2D eigenvalue weighted by atomic mass is 9.82. The van der Waals surface area contributed by atoms with Crippen molar-refractivity contribution in [3.63, 3.8) is 0 Å². The van der Waals surface area contributed by atoms with Crippen LogP contribution in [0, 0.1) is 5.92 Å². The molecule has 0 aromatic heterocycles. The molecule has 2 nitrogen and oxygen atoms in total. The normalized spacial score (nSPS) is 29.5. The maximum absolute atomic E-state index is 9.75. The zero-order chi connectivity index (χ0) is 8.60. The second-order valence-electron chi connectivity index (χ2n) is 4.54. The van der Waals surface area contributed by atoms with E-state index in [0.717, 1.165) is 25.4 Å². The number of aliphatic hydroxyl groups is 1. The highest BCUT2D eigenvalue weighted by atomic mass is 16.3. The minimum atomic E-state index is -0.330. The Hall–Kier alpha value is -0.0800. The molecule has 0 unspecified atom stereocenters. The number of rotatable bonds is 3. The average Bonchev–Trinajstić information content (AvgIpc) is 1.92. The van der Waals surface area contributed by atoms with Gasteiger partial charge in [0.25, 0.3) is 0 Å². The topological polar surface area (TPSA) is 23.5 Å². The number of β-amino-alcohol motifs (C(OH)–C–C–N with tert-alkyl or cyclic N) is 1. The summed E-state index contributed by atoms with van der Waals surface area (Å²) < 4.78 is 0. The lowest BCUT2D eigenvalue weighted by Crippen LogP contribution is -2.62. The van der Waals surface area contributed by atoms with E-state index in [1.165, 1.54) is 25.8 Å². The third-order valence-corrected chi connectivity index (χ3v) is 3.44. The SMILES string of the molecule is CCC1(O)CN(CC2CCC2)C1. The standard InChI is InChI=1S/C10H19NO/c1-2-10(12)7-11(8-10)6-9-4-3-5-9/h9,12H,2-8H2,1H3. The van der Waals surface area contributed by atoms with Gasteiger partial charge in [0, 0.05) is 19.6 Å². The summed E-state index contributed by atoms with van der Waals surface area (Å²) in [6.07, 6.45) is 5.17. The molecule has 1 N–H and O–H groups in total. The largest absolute Gasteiger partial charge is 0.387 e. The highest BCUT2D eigenvalue weighted by molar-refractivity contribution is 4.95. The Kier molecular flexibility index (Phi) is 2.13. The van der Waals surface area contributed by atoms with Gasteiger partial charge >= 0.3 is 0 Å². The maximum Gasteiger partial charge on any atom is 0.0897 e. The number of nitrogens with zero attached hydrogens (tertiary/aromatic N) is 1. The van der Waals surface area contributed by atoms with Crippen LogP contribution in [-0.4, -0.2) is 35.2 Å². The van der Waals surface area contributed by atoms with Crippen LogP contribution < -0.4 is 0 Å². The predicted molar refractivity (Wildman–Crippen MR) is 49.0 cm³/mol. The first-order valence-electron chi connectivity index (χ1n) is 5.16. The van der Waals surface area contributed by atoms with Gasteiger partial charge in [-0.15, -0.1) is 0 Å². The molecule has 2 rings (SSSR count). The third kappa shape index (κ3) is 1.50. The molecule has 0 aromatic rings. The molecule has 1 heterocycles. The van der Waals surface area contributed by atoms with Gasteiger partial charge in [0.2, 0.25) is 0 Å². The summed E-state index contributed by atoms with van der Waals surface area (Å²) >= 11 is 0. The summed E-state index contributed by atoms with van der Waals surface area (Å²) in [5.74, 6) is 0.950. The maximum atomic E-state index is 9.75. The molecular formula is C10H19NO. The Labute approximate surface area is 74.6 Å². The molecule has 1 aliphatic heterocycles. The molecule has 2 aliphatic rings. The quantitative estimate of drug-likeness (QED) is 0.687. The minimum absolute atomic E-state index is 0.330. The van der Waals surface area contributed by atoms with E-state index < -0.39 is 0 Å². The van der Waals surface area contributed by atoms with Gasteiger partial charge in [-0.05, 0) is 25.2 Å². The minimum Gasteiger partial charge on any atom is -0.387 e. The molecule has 0 amide bonds. The van der Waals surface area contributed by atoms with Gasteiger partial charge in [0.05, 0.1) is 5.60 Å². The van der Waals surface area contributed by atoms with E-state index in [0.29, 0.717) is 0 Å². The number of hydrogen-bond acceptors (Lipinski definition) is 2. The fourth-order valence-corrected chi connectivity index (χ4v) is 2.18. The van der Waals surface area contributed by atoms with Crippen LogP contribution in [0.3, 0.4) is 0 Å². The molecule has 12 heavy (non-hydrogen) atoms. The van der Waals surface area contributed by atoms with Gasteiger partial charge in [-0.1, -0.05) is 13.3 Å². The van der Waals surface area contributed by atoms with Crippen LogP contribution in [0.15, 0.2) is 0 Å². The van der Waals surface area contributed by atoms with E-state index in [-0.39, 0.29) is 5.60 Å². The van der Waals surface area contributed by atoms with Crippen molar-refractivity contribution in [1.82, 2.24) is 4.90 Å². The van der Waals surface area contributed by atoms with Gasteiger partial charge in [-0.2, -0.15) is 0 Å². The van der Waals surface area contributed by atoms with Crippen molar-refractivity contribution in [1.29, 1.82) is 0 Å². The van der Waals surface area contributed by atoms with Crippen LogP contribution in [0.1, 0.15) is 32.6 Å². The molecule has 1 aliphatic carbocycles. The van der Waals surface area contributed by atoms with Crippen LogP contribution in [0.5, 0.6) is 0 Å². The van der Waals surface area contributed by atoms with Crippen molar-refractivity contribution in [3.8, 4) is 0 Å². The average molecular weight is 169 g/mol. The van der Waals surface area contributed by atoms with Crippen LogP contribution in [-0.2, 0) is 0 Å². The van der Waals surface area contributed by atoms with E-state index in [1.807, 2.05) is 0 Å². The molecule has 0 spiro atoms. The van der Waals surface area contributed by atoms with Crippen molar-refractivity contribution >= 4 is 0 Å². The molecule has 0 bridgehead atoms. The Morgan fingerprint density at radius 3 is 2.50 bits per heavy atom. The molecular weight excluding hydrogens is 150 g/mol. The van der Waals surface area contributed by atoms with Crippen molar-refractivity contribution in [2.24, 2.45) is 5.92 Å². The Balaban J connectivity index is 1.67. The van der Waals surface area contributed by atoms with E-state index in [9.17, 15) is 5.11 Å². The van der Waals surface area contributed by atoms with Crippen LogP contribution >= 0.6 is 0 Å². The summed E-state index contributed by atoms with van der Waals surface area (Å²) in [5, 5.41) is 9.75. The van der Waals surface area contributed by atoms with E-state index in [4.69, 9.17) is 0 Å². The molecule has 1 saturated heterocycles. The highest BCUT2D eigenvalue weighted by Gasteiger charge is 2.40. The lowest BCUT2D eigenvalue weighted by molar-refractivity contribution is -0.107. The Bertz CT molecular complexity index is 156. The van der Waals surface area contributed by atoms with Gasteiger partial charge in [0.15, 0.2) is 0 Å². The summed E-state index contributed by atoms with van der Waals surface area (Å²) in [7, 11) is 0. The lowest BCUT2D eigenvalue weighted by Gasteiger charge is -2.48. The molecule has 2 fully saturated rings. The highest BCUT2D eigenvalue weighted by Crippen LogP contribution is 2.31. The van der Waals surface area contributed by atoms with Crippen molar-refractivity contribution in [2.75, 3.05) is 19.6 Å². The first kappa shape index (κ1) is 8.52. The Morgan fingerprint density at radius 1 is 1.42 bits per heavy atom. The van der Waals surface area contributed by atoms with Crippen LogP contribution in [0.2, 0.25) is 0 Å². The van der Waals surface area contributed by atoms with E-state index >= 15 is 0 Å². The molecule has 0 aromatic carbocycles. The van der Waals surface area contributed by atoms with Crippen molar-refractivity contribution in [2.45, 2.75) is 38.2 Å². The summed E-state index contributed by atoms with van der Waals surface area (Å²) in [5.41, 5.74) is -0.330. The fourth-order valence-electron chi connectivity index (χ4n) is 2.18. The van der Waals surface area contributed by atoms with E-state index in [1.54, 1.807) is 0 Å². The second-order valence-corrected chi connectivity index (χ2v) is 4.54.